The van der Waals surface area contributed by atoms with Crippen molar-refractivity contribution in [2.45, 2.75) is 37.7 Å². The van der Waals surface area contributed by atoms with Crippen molar-refractivity contribution in [1.29, 1.82) is 0 Å². The van der Waals surface area contributed by atoms with Crippen LogP contribution in [0.2, 0.25) is 0 Å². The first-order valence-electron chi connectivity index (χ1n) is 9.13. The summed E-state index contributed by atoms with van der Waals surface area (Å²) < 4.78 is 37.5. The molecule has 1 aliphatic heterocycles. The second-order valence-electron chi connectivity index (χ2n) is 7.68. The van der Waals surface area contributed by atoms with Gasteiger partial charge in [0.2, 0.25) is 5.91 Å². The molecule has 0 atom stereocenters. The lowest BCUT2D eigenvalue weighted by Gasteiger charge is -2.29. The molecule has 0 aliphatic carbocycles. The van der Waals surface area contributed by atoms with Crippen LogP contribution in [0.1, 0.15) is 26.3 Å². The average Bonchev–Trinajstić information content (AvgIpc) is 2.65. The summed E-state index contributed by atoms with van der Waals surface area (Å²) in [4.78, 5) is 30.6. The fraction of sp³-hybridized carbons (Fsp3) is 0.350. The van der Waals surface area contributed by atoms with Crippen LogP contribution in [-0.4, -0.2) is 45.2 Å². The van der Waals surface area contributed by atoms with Crippen LogP contribution in [0.3, 0.4) is 0 Å². The fourth-order valence-electron chi connectivity index (χ4n) is 2.97. The van der Waals surface area contributed by atoms with Gasteiger partial charge in [0, 0.05) is 7.05 Å². The van der Waals surface area contributed by atoms with Gasteiger partial charge in [-0.2, -0.15) is 4.31 Å². The third kappa shape index (κ3) is 3.95. The molecule has 160 valence electrons. The van der Waals surface area contributed by atoms with Crippen LogP contribution in [0, 0.1) is 0 Å². The minimum atomic E-state index is -4.15. The number of carbonyl (C=O) groups is 2. The smallest absolute Gasteiger partial charge is 0.415 e. The Morgan fingerprint density at radius 1 is 1.17 bits per heavy atom. The molecule has 0 unspecified atom stereocenters. The highest BCUT2D eigenvalue weighted by Crippen LogP contribution is 2.34. The monoisotopic (exact) mass is 433 g/mol. The number of benzene rings is 1. The van der Waals surface area contributed by atoms with E-state index in [-0.39, 0.29) is 28.7 Å². The number of methoxy groups -OCH3 is 1. The maximum Gasteiger partial charge on any atom is 0.415 e. The normalized spacial score (nSPS) is 15.4. The number of aromatic nitrogens is 1. The van der Waals surface area contributed by atoms with Gasteiger partial charge < -0.3 is 9.47 Å². The van der Waals surface area contributed by atoms with E-state index in [2.05, 4.69) is 4.98 Å². The number of hydrogen-bond donors (Lipinski definition) is 0. The van der Waals surface area contributed by atoms with E-state index in [1.165, 1.54) is 32.4 Å². The third-order valence-electron chi connectivity index (χ3n) is 4.30. The molecule has 2 heterocycles. The van der Waals surface area contributed by atoms with Gasteiger partial charge in [-0.1, -0.05) is 18.2 Å². The topological polar surface area (TPSA) is 106 Å². The van der Waals surface area contributed by atoms with Crippen LogP contribution >= 0.6 is 0 Å². The van der Waals surface area contributed by atoms with E-state index in [1.54, 1.807) is 39.0 Å². The van der Waals surface area contributed by atoms with Gasteiger partial charge in [-0.05, 0) is 44.5 Å². The van der Waals surface area contributed by atoms with E-state index in [1.807, 2.05) is 0 Å². The number of fused-ring (bicyclic) bond motifs is 1. The molecule has 2 aromatic rings. The van der Waals surface area contributed by atoms with Crippen LogP contribution in [-0.2, 0) is 26.0 Å². The highest BCUT2D eigenvalue weighted by atomic mass is 32.2. The summed E-state index contributed by atoms with van der Waals surface area (Å²) >= 11 is 0. The molecule has 0 radical (unpaired) electrons. The van der Waals surface area contributed by atoms with Gasteiger partial charge in [0.05, 0.1) is 18.4 Å². The molecule has 0 saturated carbocycles. The SMILES string of the molecule is COc1ccc(N2C(=O)Cc3ccccc3S2(=O)=O)nc1N(C)C(=O)OC(C)(C)C. The van der Waals surface area contributed by atoms with Crippen LogP contribution in [0.4, 0.5) is 16.4 Å². The number of pyridine rings is 1. The number of amides is 2. The van der Waals surface area contributed by atoms with Gasteiger partial charge in [-0.3, -0.25) is 9.69 Å². The summed E-state index contributed by atoms with van der Waals surface area (Å²) in [5.41, 5.74) is -0.315. The molecule has 1 aliphatic rings. The van der Waals surface area contributed by atoms with Crippen molar-refractivity contribution in [3.8, 4) is 5.75 Å². The minimum absolute atomic E-state index is 0.0195. The maximum absolute atomic E-state index is 13.1. The summed E-state index contributed by atoms with van der Waals surface area (Å²) in [6.45, 7) is 5.16. The summed E-state index contributed by atoms with van der Waals surface area (Å²) in [7, 11) is -1.34. The lowest BCUT2D eigenvalue weighted by Crippen LogP contribution is -2.43. The van der Waals surface area contributed by atoms with Gasteiger partial charge >= 0.3 is 6.09 Å². The van der Waals surface area contributed by atoms with Crippen LogP contribution in [0.15, 0.2) is 41.3 Å². The van der Waals surface area contributed by atoms with E-state index >= 15 is 0 Å². The summed E-state index contributed by atoms with van der Waals surface area (Å²) in [5.74, 6) is -0.543. The Morgan fingerprint density at radius 2 is 1.83 bits per heavy atom. The zero-order valence-electron chi connectivity index (χ0n) is 17.4. The Kier molecular flexibility index (Phi) is 5.46. The Bertz CT molecular complexity index is 1110. The summed E-state index contributed by atoms with van der Waals surface area (Å²) in [6.07, 6.45) is -0.788. The molecule has 0 bridgehead atoms. The third-order valence-corrected chi connectivity index (χ3v) is 6.12. The number of nitrogens with zero attached hydrogens (tertiary/aromatic N) is 3. The van der Waals surface area contributed by atoms with Crippen molar-refractivity contribution in [1.82, 2.24) is 4.98 Å². The number of ether oxygens (including phenoxy) is 2. The van der Waals surface area contributed by atoms with Crippen LogP contribution < -0.4 is 13.9 Å². The molecule has 3 rings (SSSR count). The van der Waals surface area contributed by atoms with Gasteiger partial charge in [-0.15, -0.1) is 0 Å². The predicted octanol–water partition coefficient (Wildman–Crippen LogP) is 2.74. The summed E-state index contributed by atoms with van der Waals surface area (Å²) in [5, 5.41) is 0. The summed E-state index contributed by atoms with van der Waals surface area (Å²) in [6, 6.07) is 9.12. The van der Waals surface area contributed by atoms with Crippen LogP contribution in [0.5, 0.6) is 5.75 Å². The van der Waals surface area contributed by atoms with E-state index in [0.717, 1.165) is 4.90 Å². The van der Waals surface area contributed by atoms with Gasteiger partial charge in [0.15, 0.2) is 17.4 Å². The van der Waals surface area contributed by atoms with Crippen molar-refractivity contribution in [3.05, 3.63) is 42.0 Å². The number of anilines is 2. The second-order valence-corrected chi connectivity index (χ2v) is 9.44. The highest BCUT2D eigenvalue weighted by Gasteiger charge is 2.39. The standard InChI is InChI=1S/C20H23N3O6S/c1-20(2,3)29-19(25)22(4)18-14(28-5)10-11-16(21-18)23-17(24)12-13-8-6-7-9-15(13)30(23,26)27/h6-11H,12H2,1-5H3. The van der Waals surface area contributed by atoms with Crippen LogP contribution in [0.25, 0.3) is 0 Å². The molecule has 0 saturated heterocycles. The zero-order valence-corrected chi connectivity index (χ0v) is 18.2. The Hall–Kier alpha value is -3.14. The molecule has 10 heteroatoms. The predicted molar refractivity (Wildman–Crippen MR) is 110 cm³/mol. The molecule has 0 spiro atoms. The lowest BCUT2D eigenvalue weighted by atomic mass is 10.1. The molecule has 1 aromatic heterocycles. The van der Waals surface area contributed by atoms with Crippen molar-refractivity contribution in [2.24, 2.45) is 0 Å². The van der Waals surface area contributed by atoms with E-state index in [9.17, 15) is 18.0 Å². The molecule has 1 aromatic carbocycles. The highest BCUT2D eigenvalue weighted by molar-refractivity contribution is 7.93. The number of sulfonamides is 1. The Balaban J connectivity index is 2.07. The molecule has 30 heavy (non-hydrogen) atoms. The van der Waals surface area contributed by atoms with Crippen molar-refractivity contribution in [3.63, 3.8) is 0 Å². The van der Waals surface area contributed by atoms with Crippen molar-refractivity contribution in [2.75, 3.05) is 23.4 Å². The fourth-order valence-corrected chi connectivity index (χ4v) is 4.57. The zero-order chi connectivity index (χ0) is 22.3. The van der Waals surface area contributed by atoms with E-state index in [4.69, 9.17) is 9.47 Å². The minimum Gasteiger partial charge on any atom is -0.493 e. The number of carbonyl (C=O) groups excluding carboxylic acids is 2. The molecular formula is C20H23N3O6S. The first kappa shape index (κ1) is 21.6. The largest absolute Gasteiger partial charge is 0.493 e. The van der Waals surface area contributed by atoms with E-state index < -0.39 is 27.6 Å². The first-order valence-corrected chi connectivity index (χ1v) is 10.6. The molecule has 0 N–H and O–H groups in total. The van der Waals surface area contributed by atoms with Crippen molar-refractivity contribution >= 4 is 33.7 Å². The lowest BCUT2D eigenvalue weighted by molar-refractivity contribution is -0.117. The molecular weight excluding hydrogens is 410 g/mol. The number of hydrogen-bond acceptors (Lipinski definition) is 7. The maximum atomic E-state index is 13.1. The molecule has 2 amide bonds. The van der Waals surface area contributed by atoms with Gasteiger partial charge in [0.1, 0.15) is 5.60 Å². The Morgan fingerprint density at radius 3 is 2.47 bits per heavy atom. The molecule has 9 nitrogen and oxygen atoms in total. The second kappa shape index (κ2) is 7.60. The van der Waals surface area contributed by atoms with Crippen molar-refractivity contribution < 1.29 is 27.5 Å². The van der Waals surface area contributed by atoms with Gasteiger partial charge in [0.25, 0.3) is 10.0 Å². The average molecular weight is 433 g/mol. The van der Waals surface area contributed by atoms with Gasteiger partial charge in [-0.25, -0.2) is 18.2 Å². The Labute approximate surface area is 175 Å². The van der Waals surface area contributed by atoms with E-state index in [0.29, 0.717) is 9.87 Å². The number of rotatable bonds is 3. The quantitative estimate of drug-likeness (QED) is 0.733. The molecule has 0 fully saturated rings. The first-order chi connectivity index (χ1) is 14.0.